The summed E-state index contributed by atoms with van der Waals surface area (Å²) in [7, 11) is 0. The number of fused-ring (bicyclic) bond motifs is 5. The van der Waals surface area contributed by atoms with E-state index in [1.807, 2.05) is 6.92 Å². The summed E-state index contributed by atoms with van der Waals surface area (Å²) < 4.78 is 51.7. The number of halogens is 4. The molecule has 4 rings (SSSR count). The molecule has 1 aliphatic heterocycles. The number of aromatic nitrogens is 3. The second kappa shape index (κ2) is 7.55. The van der Waals surface area contributed by atoms with Gasteiger partial charge in [-0.25, -0.2) is 4.98 Å². The largest absolute Gasteiger partial charge is 0.489 e. The molecule has 0 radical (unpaired) electrons. The van der Waals surface area contributed by atoms with Crippen molar-refractivity contribution in [2.45, 2.75) is 25.6 Å². The number of para-hydroxylation sites is 1. The fourth-order valence-corrected chi connectivity index (χ4v) is 3.37. The van der Waals surface area contributed by atoms with Crippen molar-refractivity contribution in [2.24, 2.45) is 0 Å². The van der Waals surface area contributed by atoms with Gasteiger partial charge in [0.2, 0.25) is 0 Å². The number of rotatable bonds is 1. The van der Waals surface area contributed by atoms with Crippen LogP contribution < -0.4 is 14.8 Å². The number of pyridine rings is 1. The summed E-state index contributed by atoms with van der Waals surface area (Å²) in [4.78, 5) is 12.7. The summed E-state index contributed by atoms with van der Waals surface area (Å²) in [6, 6.07) is 5.16. The fourth-order valence-electron chi connectivity index (χ4n) is 3.21. The van der Waals surface area contributed by atoms with E-state index in [1.165, 1.54) is 12.3 Å². The van der Waals surface area contributed by atoms with E-state index in [1.54, 1.807) is 12.1 Å². The second-order valence-electron chi connectivity index (χ2n) is 6.40. The highest BCUT2D eigenvalue weighted by molar-refractivity contribution is 6.30. The Balaban J connectivity index is 1.88. The zero-order chi connectivity index (χ0) is 20.6. The highest BCUT2D eigenvalue weighted by atomic mass is 35.5. The summed E-state index contributed by atoms with van der Waals surface area (Å²) in [5, 5.41) is 4.04. The van der Waals surface area contributed by atoms with Crippen LogP contribution >= 0.6 is 11.6 Å². The van der Waals surface area contributed by atoms with Gasteiger partial charge in [0.15, 0.2) is 0 Å². The van der Waals surface area contributed by atoms with Gasteiger partial charge in [0.1, 0.15) is 29.9 Å². The van der Waals surface area contributed by atoms with E-state index in [2.05, 4.69) is 20.3 Å². The van der Waals surface area contributed by atoms with Crippen LogP contribution in [-0.4, -0.2) is 28.2 Å². The van der Waals surface area contributed by atoms with Gasteiger partial charge in [-0.05, 0) is 18.6 Å². The van der Waals surface area contributed by atoms with E-state index in [-0.39, 0.29) is 30.1 Å². The molecule has 29 heavy (non-hydrogen) atoms. The van der Waals surface area contributed by atoms with E-state index in [4.69, 9.17) is 21.1 Å². The number of anilines is 1. The molecule has 2 aromatic heterocycles. The van der Waals surface area contributed by atoms with E-state index in [0.717, 1.165) is 6.07 Å². The molecule has 1 atom stereocenters. The van der Waals surface area contributed by atoms with Crippen molar-refractivity contribution >= 4 is 28.3 Å². The van der Waals surface area contributed by atoms with Gasteiger partial charge in [-0.1, -0.05) is 30.7 Å². The SMILES string of the molecule is CC[C@H]1Nc2nc(nc3cnc(Cl)cc23)OCCOc2c1cccc2C(F)(F)F. The molecule has 1 aromatic carbocycles. The molecule has 3 heterocycles. The maximum atomic E-state index is 13.6. The van der Waals surface area contributed by atoms with Crippen LogP contribution in [0.1, 0.15) is 30.5 Å². The third-order valence-electron chi connectivity index (χ3n) is 4.53. The highest BCUT2D eigenvalue weighted by Gasteiger charge is 2.36. The Kier molecular flexibility index (Phi) is 5.08. The molecule has 3 aromatic rings. The molecule has 0 amide bonds. The number of nitrogens with one attached hydrogen (secondary N) is 1. The van der Waals surface area contributed by atoms with Crippen LogP contribution in [0.25, 0.3) is 10.9 Å². The summed E-state index contributed by atoms with van der Waals surface area (Å²) in [5.74, 6) is 0.182. The normalized spacial score (nSPS) is 16.8. The molecule has 0 unspecified atom stereocenters. The average molecular weight is 425 g/mol. The van der Waals surface area contributed by atoms with Gasteiger partial charge < -0.3 is 14.8 Å². The third-order valence-corrected chi connectivity index (χ3v) is 4.74. The van der Waals surface area contributed by atoms with Crippen molar-refractivity contribution in [2.75, 3.05) is 18.5 Å². The Morgan fingerprint density at radius 3 is 2.76 bits per heavy atom. The molecule has 152 valence electrons. The molecule has 0 saturated carbocycles. The Morgan fingerprint density at radius 2 is 2.00 bits per heavy atom. The first kappa shape index (κ1) is 19.5. The first-order chi connectivity index (χ1) is 13.9. The van der Waals surface area contributed by atoms with Crippen LogP contribution in [-0.2, 0) is 6.18 Å². The molecule has 0 fully saturated rings. The van der Waals surface area contributed by atoms with Crippen LogP contribution in [0.5, 0.6) is 11.8 Å². The number of ether oxygens (including phenoxy) is 2. The molecular weight excluding hydrogens is 409 g/mol. The predicted octanol–water partition coefficient (Wildman–Crippen LogP) is 5.03. The first-order valence-electron chi connectivity index (χ1n) is 8.92. The monoisotopic (exact) mass is 424 g/mol. The lowest BCUT2D eigenvalue weighted by molar-refractivity contribution is -0.139. The van der Waals surface area contributed by atoms with Gasteiger partial charge in [-0.2, -0.15) is 23.1 Å². The van der Waals surface area contributed by atoms with Crippen molar-refractivity contribution in [3.05, 3.63) is 46.7 Å². The predicted molar refractivity (Wildman–Crippen MR) is 101 cm³/mol. The molecule has 1 N–H and O–H groups in total. The van der Waals surface area contributed by atoms with Crippen molar-refractivity contribution < 1.29 is 22.6 Å². The zero-order valence-corrected chi connectivity index (χ0v) is 16.0. The summed E-state index contributed by atoms with van der Waals surface area (Å²) in [5.41, 5.74) is 0.0586. The number of hydrogen-bond acceptors (Lipinski definition) is 6. The Morgan fingerprint density at radius 1 is 1.21 bits per heavy atom. The molecule has 10 heteroatoms. The molecular formula is C19H16ClF3N4O2. The minimum atomic E-state index is -4.55. The Hall–Kier alpha value is -2.81. The topological polar surface area (TPSA) is 69.2 Å². The number of hydrogen-bond donors (Lipinski definition) is 1. The smallest absolute Gasteiger partial charge is 0.419 e. The first-order valence-corrected chi connectivity index (χ1v) is 9.30. The van der Waals surface area contributed by atoms with Crippen LogP contribution in [0.2, 0.25) is 5.15 Å². The van der Waals surface area contributed by atoms with Crippen LogP contribution in [0.15, 0.2) is 30.5 Å². The fraction of sp³-hybridized carbons (Fsp3) is 0.316. The molecule has 0 spiro atoms. The van der Waals surface area contributed by atoms with Crippen LogP contribution in [0.4, 0.5) is 19.0 Å². The lowest BCUT2D eigenvalue weighted by Crippen LogP contribution is -2.17. The highest BCUT2D eigenvalue weighted by Crippen LogP contribution is 2.42. The lowest BCUT2D eigenvalue weighted by Gasteiger charge is -2.23. The van der Waals surface area contributed by atoms with Crippen molar-refractivity contribution in [3.63, 3.8) is 0 Å². The standard InChI is InChI=1S/C19H16ClF3N4O2/c1-2-13-10-4-3-5-12(19(21,22)23)16(10)28-6-7-29-18-26-14-9-24-15(20)8-11(14)17(25-13)27-18/h3-5,8-9,13H,2,6-7H2,1H3,(H,25,26,27)/t13-/m1/s1. The quantitative estimate of drug-likeness (QED) is 0.552. The van der Waals surface area contributed by atoms with Crippen molar-refractivity contribution in [1.82, 2.24) is 15.0 Å². The molecule has 0 saturated heterocycles. The van der Waals surface area contributed by atoms with Gasteiger partial charge in [0.05, 0.1) is 23.3 Å². The molecule has 6 nitrogen and oxygen atoms in total. The zero-order valence-electron chi connectivity index (χ0n) is 15.3. The second-order valence-corrected chi connectivity index (χ2v) is 6.79. The van der Waals surface area contributed by atoms with Gasteiger partial charge >= 0.3 is 12.2 Å². The third kappa shape index (κ3) is 3.87. The van der Waals surface area contributed by atoms with Crippen molar-refractivity contribution in [3.8, 4) is 11.8 Å². The van der Waals surface area contributed by atoms with Crippen molar-refractivity contribution in [1.29, 1.82) is 0 Å². The maximum absolute atomic E-state index is 13.6. The number of alkyl halides is 3. The van der Waals surface area contributed by atoms with Gasteiger partial charge in [-0.15, -0.1) is 0 Å². The van der Waals surface area contributed by atoms with Gasteiger partial charge in [0, 0.05) is 10.9 Å². The van der Waals surface area contributed by atoms with Crippen LogP contribution in [0.3, 0.4) is 0 Å². The Labute approximate surface area is 169 Å². The molecule has 1 aliphatic rings. The van der Waals surface area contributed by atoms with E-state index in [9.17, 15) is 13.2 Å². The average Bonchev–Trinajstić information content (AvgIpc) is 2.71. The molecule has 0 aliphatic carbocycles. The maximum Gasteiger partial charge on any atom is 0.419 e. The molecule has 2 bridgehead atoms. The van der Waals surface area contributed by atoms with E-state index in [0.29, 0.717) is 28.7 Å². The number of benzene rings is 1. The van der Waals surface area contributed by atoms with Gasteiger partial charge in [-0.3, -0.25) is 0 Å². The number of nitrogens with zero attached hydrogens (tertiary/aromatic N) is 3. The minimum Gasteiger partial charge on any atom is -0.489 e. The van der Waals surface area contributed by atoms with E-state index >= 15 is 0 Å². The Bertz CT molecular complexity index is 1060. The summed E-state index contributed by atoms with van der Waals surface area (Å²) >= 11 is 6.01. The van der Waals surface area contributed by atoms with E-state index < -0.39 is 17.8 Å². The lowest BCUT2D eigenvalue weighted by atomic mass is 9.99. The summed E-state index contributed by atoms with van der Waals surface area (Å²) in [6.07, 6.45) is -2.57. The van der Waals surface area contributed by atoms with Gasteiger partial charge in [0.25, 0.3) is 0 Å². The minimum absolute atomic E-state index is 0.0195. The summed E-state index contributed by atoms with van der Waals surface area (Å²) in [6.45, 7) is 1.75. The van der Waals surface area contributed by atoms with Crippen LogP contribution in [0, 0.1) is 0 Å².